The smallest absolute Gasteiger partial charge is 0.422 e. The van der Waals surface area contributed by atoms with Crippen molar-refractivity contribution in [3.05, 3.63) is 46.3 Å². The van der Waals surface area contributed by atoms with E-state index in [1.54, 1.807) is 24.5 Å². The van der Waals surface area contributed by atoms with Crippen LogP contribution in [0.4, 0.5) is 13.2 Å². The average Bonchev–Trinajstić information content (AvgIpc) is 3.06. The van der Waals surface area contributed by atoms with Gasteiger partial charge in [-0.25, -0.2) is 4.98 Å². The van der Waals surface area contributed by atoms with Crippen LogP contribution in [0.5, 0.6) is 5.88 Å². The first-order chi connectivity index (χ1) is 11.5. The summed E-state index contributed by atoms with van der Waals surface area (Å²) in [4.78, 5) is 9.03. The van der Waals surface area contributed by atoms with Crippen LogP contribution in [-0.4, -0.2) is 30.8 Å². The average molecular weight is 358 g/mol. The van der Waals surface area contributed by atoms with E-state index in [2.05, 4.69) is 25.3 Å². The number of aromatic nitrogens is 1. The quantitative estimate of drug-likeness (QED) is 0.616. The first-order valence-electron chi connectivity index (χ1n) is 7.07. The van der Waals surface area contributed by atoms with E-state index in [1.807, 2.05) is 17.5 Å². The second kappa shape index (κ2) is 8.53. The number of hydrogen-bond donors (Lipinski definition) is 2. The molecule has 0 aliphatic heterocycles. The van der Waals surface area contributed by atoms with Gasteiger partial charge < -0.3 is 15.4 Å². The zero-order valence-electron chi connectivity index (χ0n) is 12.9. The fraction of sp³-hybridized carbons (Fsp3) is 0.333. The Kier molecular flexibility index (Phi) is 6.42. The first kappa shape index (κ1) is 18.1. The van der Waals surface area contributed by atoms with Crippen LogP contribution in [0.15, 0.2) is 40.8 Å². The summed E-state index contributed by atoms with van der Waals surface area (Å²) in [6.45, 7) is -0.330. The molecule has 0 saturated carbocycles. The van der Waals surface area contributed by atoms with Gasteiger partial charge in [0.1, 0.15) is 0 Å². The van der Waals surface area contributed by atoms with Crippen molar-refractivity contribution in [3.63, 3.8) is 0 Å². The molecule has 0 aliphatic rings. The molecule has 2 heterocycles. The van der Waals surface area contributed by atoms with Crippen molar-refractivity contribution in [2.75, 3.05) is 13.7 Å². The van der Waals surface area contributed by atoms with Crippen molar-refractivity contribution in [1.82, 2.24) is 15.6 Å². The Morgan fingerprint density at radius 1 is 1.29 bits per heavy atom. The van der Waals surface area contributed by atoms with Crippen molar-refractivity contribution >= 4 is 17.3 Å². The van der Waals surface area contributed by atoms with Crippen LogP contribution >= 0.6 is 11.3 Å². The van der Waals surface area contributed by atoms with E-state index >= 15 is 0 Å². The molecule has 2 aromatic rings. The monoisotopic (exact) mass is 358 g/mol. The summed E-state index contributed by atoms with van der Waals surface area (Å²) < 4.78 is 41.1. The molecule has 2 aromatic heterocycles. The molecule has 0 fully saturated rings. The van der Waals surface area contributed by atoms with Gasteiger partial charge in [-0.3, -0.25) is 4.99 Å². The van der Waals surface area contributed by atoms with Crippen LogP contribution < -0.4 is 15.4 Å². The number of rotatable bonds is 6. The highest BCUT2D eigenvalue weighted by Crippen LogP contribution is 2.17. The van der Waals surface area contributed by atoms with Crippen LogP contribution in [0.3, 0.4) is 0 Å². The molecule has 0 bridgehead atoms. The molecule has 0 spiro atoms. The van der Waals surface area contributed by atoms with Crippen LogP contribution in [-0.2, 0) is 13.1 Å². The van der Waals surface area contributed by atoms with Crippen molar-refractivity contribution in [2.45, 2.75) is 19.3 Å². The van der Waals surface area contributed by atoms with Crippen LogP contribution in [0, 0.1) is 0 Å². The Morgan fingerprint density at radius 2 is 2.08 bits per heavy atom. The molecule has 130 valence electrons. The SMILES string of the molecule is CN=C(NCc1ccnc(OCC(F)(F)F)c1)NCc1cccs1. The van der Waals surface area contributed by atoms with E-state index in [-0.39, 0.29) is 5.88 Å². The van der Waals surface area contributed by atoms with Gasteiger partial charge in [0.25, 0.3) is 0 Å². The second-order valence-electron chi connectivity index (χ2n) is 4.76. The van der Waals surface area contributed by atoms with Crippen molar-refractivity contribution in [3.8, 4) is 5.88 Å². The lowest BCUT2D eigenvalue weighted by atomic mass is 10.2. The van der Waals surface area contributed by atoms with Crippen molar-refractivity contribution in [1.29, 1.82) is 0 Å². The van der Waals surface area contributed by atoms with Gasteiger partial charge in [-0.2, -0.15) is 13.2 Å². The summed E-state index contributed by atoms with van der Waals surface area (Å²) in [5.74, 6) is 0.533. The lowest BCUT2D eigenvalue weighted by Crippen LogP contribution is -2.36. The number of pyridine rings is 1. The zero-order chi connectivity index (χ0) is 17.4. The zero-order valence-corrected chi connectivity index (χ0v) is 13.7. The van der Waals surface area contributed by atoms with Gasteiger partial charge in [-0.1, -0.05) is 6.07 Å². The normalized spacial score (nSPS) is 12.1. The Morgan fingerprint density at radius 3 is 2.75 bits per heavy atom. The highest BCUT2D eigenvalue weighted by molar-refractivity contribution is 7.09. The van der Waals surface area contributed by atoms with Crippen LogP contribution in [0.1, 0.15) is 10.4 Å². The lowest BCUT2D eigenvalue weighted by molar-refractivity contribution is -0.154. The predicted molar refractivity (Wildman–Crippen MR) is 87.1 cm³/mol. The van der Waals surface area contributed by atoms with Gasteiger partial charge in [0.2, 0.25) is 5.88 Å². The maximum atomic E-state index is 12.2. The van der Waals surface area contributed by atoms with Gasteiger partial charge in [-0.15, -0.1) is 11.3 Å². The van der Waals surface area contributed by atoms with Gasteiger partial charge in [0, 0.05) is 30.7 Å². The lowest BCUT2D eigenvalue weighted by Gasteiger charge is -2.12. The Bertz CT molecular complexity index is 659. The van der Waals surface area contributed by atoms with Crippen LogP contribution in [0.2, 0.25) is 0 Å². The standard InChI is InChI=1S/C15H17F3N4OS/c1-19-14(22-9-12-3-2-6-24-12)21-8-11-4-5-20-13(7-11)23-10-15(16,17)18/h2-7H,8-10H2,1H3,(H2,19,21,22). The molecule has 5 nitrogen and oxygen atoms in total. The molecule has 0 aliphatic carbocycles. The van der Waals surface area contributed by atoms with Gasteiger partial charge in [-0.05, 0) is 23.1 Å². The highest BCUT2D eigenvalue weighted by atomic mass is 32.1. The van der Waals surface area contributed by atoms with Gasteiger partial charge in [0.05, 0.1) is 6.54 Å². The Hall–Kier alpha value is -2.29. The Balaban J connectivity index is 1.83. The number of halogens is 3. The van der Waals surface area contributed by atoms with Crippen molar-refractivity contribution < 1.29 is 17.9 Å². The van der Waals surface area contributed by atoms with E-state index in [4.69, 9.17) is 0 Å². The first-order valence-corrected chi connectivity index (χ1v) is 7.95. The summed E-state index contributed by atoms with van der Waals surface area (Å²) in [6, 6.07) is 7.14. The molecule has 0 amide bonds. The highest BCUT2D eigenvalue weighted by Gasteiger charge is 2.28. The molecule has 2 N–H and O–H groups in total. The number of hydrogen-bond acceptors (Lipinski definition) is 4. The summed E-state index contributed by atoms with van der Waals surface area (Å²) in [6.07, 6.45) is -2.98. The topological polar surface area (TPSA) is 58.5 Å². The van der Waals surface area contributed by atoms with E-state index in [0.29, 0.717) is 19.0 Å². The third-order valence-electron chi connectivity index (χ3n) is 2.88. The number of thiophene rings is 1. The maximum absolute atomic E-state index is 12.2. The predicted octanol–water partition coefficient (Wildman–Crippen LogP) is 2.95. The van der Waals surface area contributed by atoms with Gasteiger partial charge in [0.15, 0.2) is 12.6 Å². The molecule has 0 aromatic carbocycles. The minimum atomic E-state index is -4.39. The molecular weight excluding hydrogens is 341 g/mol. The minimum absolute atomic E-state index is 0.0619. The number of guanidine groups is 1. The van der Waals surface area contributed by atoms with E-state index in [0.717, 1.165) is 5.56 Å². The molecule has 0 saturated heterocycles. The second-order valence-corrected chi connectivity index (χ2v) is 5.80. The van der Waals surface area contributed by atoms with Crippen LogP contribution in [0.25, 0.3) is 0 Å². The summed E-state index contributed by atoms with van der Waals surface area (Å²) >= 11 is 1.64. The number of ether oxygens (including phenoxy) is 1. The number of nitrogens with one attached hydrogen (secondary N) is 2. The molecule has 2 rings (SSSR count). The fourth-order valence-corrected chi connectivity index (χ4v) is 2.43. The Labute approximate surface area is 141 Å². The molecule has 0 atom stereocenters. The number of nitrogens with zero attached hydrogens (tertiary/aromatic N) is 2. The number of aliphatic imine (C=N–C) groups is 1. The van der Waals surface area contributed by atoms with E-state index in [9.17, 15) is 13.2 Å². The molecule has 24 heavy (non-hydrogen) atoms. The third kappa shape index (κ3) is 6.45. The largest absolute Gasteiger partial charge is 0.468 e. The van der Waals surface area contributed by atoms with Gasteiger partial charge >= 0.3 is 6.18 Å². The third-order valence-corrected chi connectivity index (χ3v) is 3.75. The maximum Gasteiger partial charge on any atom is 0.422 e. The molecular formula is C15H17F3N4OS. The van der Waals surface area contributed by atoms with E-state index in [1.165, 1.54) is 17.1 Å². The molecule has 0 unspecified atom stereocenters. The summed E-state index contributed by atoms with van der Waals surface area (Å²) in [7, 11) is 1.65. The summed E-state index contributed by atoms with van der Waals surface area (Å²) in [5, 5.41) is 8.23. The number of alkyl halides is 3. The van der Waals surface area contributed by atoms with Crippen molar-refractivity contribution in [2.24, 2.45) is 4.99 Å². The minimum Gasteiger partial charge on any atom is -0.468 e. The summed E-state index contributed by atoms with van der Waals surface area (Å²) in [5.41, 5.74) is 0.737. The fourth-order valence-electron chi connectivity index (χ4n) is 1.79. The molecule has 9 heteroatoms. The molecule has 0 radical (unpaired) electrons. The van der Waals surface area contributed by atoms with E-state index < -0.39 is 12.8 Å².